The molecule has 12 nitrogen and oxygen atoms in total. The number of pyridine rings is 2. The maximum absolute atomic E-state index is 14.4. The zero-order chi connectivity index (χ0) is 35.4. The van der Waals surface area contributed by atoms with Crippen LogP contribution in [0.15, 0.2) is 46.2 Å². The van der Waals surface area contributed by atoms with Gasteiger partial charge >= 0.3 is 6.18 Å². The minimum absolute atomic E-state index is 0.00178. The fourth-order valence-corrected chi connectivity index (χ4v) is 7.32. The Kier molecular flexibility index (Phi) is 8.67. The van der Waals surface area contributed by atoms with Crippen molar-refractivity contribution in [2.75, 3.05) is 44.5 Å². The Balaban J connectivity index is 1.38. The Bertz CT molecular complexity index is 2110. The van der Waals surface area contributed by atoms with Crippen LogP contribution in [0.2, 0.25) is 5.02 Å². The van der Waals surface area contributed by atoms with Crippen LogP contribution in [0.4, 0.5) is 24.7 Å². The molecule has 4 aromatic rings. The van der Waals surface area contributed by atoms with Crippen molar-refractivity contribution in [3.63, 3.8) is 0 Å². The zero-order valence-electron chi connectivity index (χ0n) is 27.1. The Labute approximate surface area is 282 Å². The number of alkyl halides is 3. The van der Waals surface area contributed by atoms with E-state index in [4.69, 9.17) is 16.3 Å². The summed E-state index contributed by atoms with van der Waals surface area (Å²) in [6, 6.07) is 3.92. The molecule has 0 radical (unpaired) electrons. The van der Waals surface area contributed by atoms with Gasteiger partial charge in [-0.3, -0.25) is 19.2 Å². The van der Waals surface area contributed by atoms with Crippen LogP contribution in [0.5, 0.6) is 5.88 Å². The van der Waals surface area contributed by atoms with Gasteiger partial charge in [-0.2, -0.15) is 13.2 Å². The number of carbonyl (C=O) groups excluding carboxylic acids is 2. The third kappa shape index (κ3) is 6.00. The van der Waals surface area contributed by atoms with Crippen LogP contribution in [0.3, 0.4) is 0 Å². The first-order valence-electron chi connectivity index (χ1n) is 15.5. The van der Waals surface area contributed by atoms with Crippen molar-refractivity contribution < 1.29 is 27.5 Å². The normalized spacial score (nSPS) is 16.9. The van der Waals surface area contributed by atoms with E-state index >= 15 is 0 Å². The monoisotopic (exact) mass is 699 g/mol. The number of halogens is 4. The third-order valence-electron chi connectivity index (χ3n) is 9.36. The summed E-state index contributed by atoms with van der Waals surface area (Å²) in [6.07, 6.45) is -0.325. The smallest absolute Gasteiger partial charge is 0.416 e. The number of piperidine rings is 1. The molecule has 0 saturated carbocycles. The predicted molar refractivity (Wildman–Crippen MR) is 177 cm³/mol. The minimum Gasteiger partial charge on any atom is -0.482 e. The summed E-state index contributed by atoms with van der Waals surface area (Å²) in [7, 11) is 4.88. The molecule has 1 saturated heterocycles. The molecule has 1 atom stereocenters. The number of carbonyl (C=O) groups is 2. The van der Waals surface area contributed by atoms with Crippen molar-refractivity contribution in [3.05, 3.63) is 84.5 Å². The second kappa shape index (κ2) is 12.5. The van der Waals surface area contributed by atoms with Gasteiger partial charge in [0.25, 0.3) is 5.91 Å². The van der Waals surface area contributed by atoms with E-state index in [1.54, 1.807) is 28.5 Å². The standard InChI is InChI=1S/C33H33ClF3N7O5/c1-17-14-32(8-11-43(12-9-32)31(48)24-21(45)7-10-38-30(24)49-4)25-27(17)44(29-26(28(25)47)41-22(15-39-29)42(2)3)16-23(46)40-20-6-5-18(13-19(20)34)33(35,36)37/h5-7,10,13,15,17H,8-9,11-12,14,16H2,1-4H3,(H,38,45)(H,40,46)/t17-/m0/s1. The highest BCUT2D eigenvalue weighted by Crippen LogP contribution is 2.51. The van der Waals surface area contributed by atoms with Crippen molar-refractivity contribution in [2.45, 2.75) is 50.2 Å². The van der Waals surface area contributed by atoms with Crippen LogP contribution < -0.4 is 25.8 Å². The maximum atomic E-state index is 14.4. The van der Waals surface area contributed by atoms with Gasteiger partial charge in [-0.1, -0.05) is 18.5 Å². The summed E-state index contributed by atoms with van der Waals surface area (Å²) in [5, 5.41) is 2.31. The van der Waals surface area contributed by atoms with Crippen molar-refractivity contribution in [2.24, 2.45) is 0 Å². The minimum atomic E-state index is -4.60. The summed E-state index contributed by atoms with van der Waals surface area (Å²) in [4.78, 5) is 69.2. The average molecular weight is 700 g/mol. The van der Waals surface area contributed by atoms with E-state index in [-0.39, 0.29) is 64.3 Å². The van der Waals surface area contributed by atoms with Crippen molar-refractivity contribution >= 4 is 46.1 Å². The lowest BCUT2D eigenvalue weighted by Gasteiger charge is -2.40. The Morgan fingerprint density at radius 3 is 2.53 bits per heavy atom. The van der Waals surface area contributed by atoms with Gasteiger partial charge in [-0.25, -0.2) is 9.97 Å². The van der Waals surface area contributed by atoms with E-state index in [0.29, 0.717) is 36.3 Å². The predicted octanol–water partition coefficient (Wildman–Crippen LogP) is 4.55. The highest BCUT2D eigenvalue weighted by atomic mass is 35.5. The Morgan fingerprint density at radius 1 is 1.18 bits per heavy atom. The largest absolute Gasteiger partial charge is 0.482 e. The van der Waals surface area contributed by atoms with Crippen LogP contribution in [0.25, 0.3) is 11.2 Å². The molecular formula is C33H33ClF3N7O5. The van der Waals surface area contributed by atoms with Crippen LogP contribution in [-0.4, -0.2) is 70.5 Å². The number of fused-ring (bicyclic) bond motifs is 3. The van der Waals surface area contributed by atoms with Crippen LogP contribution in [-0.2, 0) is 22.9 Å². The number of likely N-dealkylation sites (tertiary alicyclic amines) is 1. The number of hydrogen-bond donors (Lipinski definition) is 2. The first-order chi connectivity index (χ1) is 23.1. The van der Waals surface area contributed by atoms with Crippen LogP contribution >= 0.6 is 11.6 Å². The van der Waals surface area contributed by atoms with Gasteiger partial charge in [-0.15, -0.1) is 0 Å². The summed E-state index contributed by atoms with van der Waals surface area (Å²) >= 11 is 6.11. The number of aromatic nitrogens is 4. The quantitative estimate of drug-likeness (QED) is 0.299. The molecule has 1 aliphatic heterocycles. The lowest BCUT2D eigenvalue weighted by molar-refractivity contribution is -0.137. The van der Waals surface area contributed by atoms with E-state index in [2.05, 4.69) is 20.3 Å². The van der Waals surface area contributed by atoms with Crippen LogP contribution in [0.1, 0.15) is 59.3 Å². The SMILES string of the molecule is COc1[nH]ccc(=O)c1C(=O)N1CCC2(CC1)C[C@H](C)c1c2c(=O)c2nc(N(C)C)cnc2n1CC(=O)Nc1ccc(C(F)(F)F)cc1Cl. The number of anilines is 2. The molecule has 16 heteroatoms. The van der Waals surface area contributed by atoms with Crippen LogP contribution in [0, 0.1) is 0 Å². The average Bonchev–Trinajstić information content (AvgIpc) is 3.33. The maximum Gasteiger partial charge on any atom is 0.416 e. The van der Waals surface area contributed by atoms with Gasteiger partial charge in [0.1, 0.15) is 17.9 Å². The highest BCUT2D eigenvalue weighted by Gasteiger charge is 2.49. The van der Waals surface area contributed by atoms with Crippen molar-refractivity contribution in [1.82, 2.24) is 24.4 Å². The lowest BCUT2D eigenvalue weighted by atomic mass is 9.73. The topological polar surface area (TPSA) is 143 Å². The molecule has 2 aliphatic rings. The summed E-state index contributed by atoms with van der Waals surface area (Å²) in [5.74, 6) is -0.777. The van der Waals surface area contributed by atoms with E-state index in [1.807, 2.05) is 6.92 Å². The molecule has 258 valence electrons. The number of amides is 2. The molecule has 0 bridgehead atoms. The summed E-state index contributed by atoms with van der Waals surface area (Å²) < 4.78 is 46.4. The summed E-state index contributed by atoms with van der Waals surface area (Å²) in [5.41, 5.74) is -1.12. The molecule has 2 N–H and O–H groups in total. The second-order valence-electron chi connectivity index (χ2n) is 12.6. The molecular weight excluding hydrogens is 667 g/mol. The van der Waals surface area contributed by atoms with E-state index in [0.717, 1.165) is 18.2 Å². The molecule has 1 spiro atoms. The number of ether oxygens (including phenoxy) is 1. The van der Waals surface area contributed by atoms with Gasteiger partial charge < -0.3 is 29.4 Å². The van der Waals surface area contributed by atoms with Gasteiger partial charge in [0.15, 0.2) is 16.6 Å². The molecule has 0 unspecified atom stereocenters. The van der Waals surface area contributed by atoms with Crippen molar-refractivity contribution in [3.8, 4) is 5.88 Å². The highest BCUT2D eigenvalue weighted by molar-refractivity contribution is 6.33. The lowest BCUT2D eigenvalue weighted by Crippen LogP contribution is -2.47. The number of rotatable bonds is 6. The van der Waals surface area contributed by atoms with E-state index < -0.39 is 34.4 Å². The van der Waals surface area contributed by atoms with E-state index in [1.165, 1.54) is 25.6 Å². The molecule has 6 rings (SSSR count). The number of hydrogen-bond acceptors (Lipinski definition) is 8. The second-order valence-corrected chi connectivity index (χ2v) is 13.0. The summed E-state index contributed by atoms with van der Waals surface area (Å²) in [6.45, 7) is 2.15. The number of nitrogens with one attached hydrogen (secondary N) is 2. The zero-order valence-corrected chi connectivity index (χ0v) is 27.8. The van der Waals surface area contributed by atoms with Crippen molar-refractivity contribution in [1.29, 1.82) is 0 Å². The van der Waals surface area contributed by atoms with Gasteiger partial charge in [0, 0.05) is 56.1 Å². The number of nitrogens with zero attached hydrogens (tertiary/aromatic N) is 5. The number of benzene rings is 1. The van der Waals surface area contributed by atoms with Gasteiger partial charge in [-0.05, 0) is 43.4 Å². The molecule has 3 aromatic heterocycles. The Hall–Kier alpha value is -4.92. The molecule has 4 heterocycles. The molecule has 2 amide bonds. The third-order valence-corrected chi connectivity index (χ3v) is 9.67. The molecule has 1 aromatic carbocycles. The van der Waals surface area contributed by atoms with E-state index in [9.17, 15) is 32.3 Å². The number of H-pyrrole nitrogens is 1. The first-order valence-corrected chi connectivity index (χ1v) is 15.9. The fraction of sp³-hybridized carbons (Fsp3) is 0.394. The van der Waals surface area contributed by atoms with Gasteiger partial charge in [0.05, 0.1) is 29.6 Å². The molecule has 1 aliphatic carbocycles. The number of aromatic amines is 1. The molecule has 49 heavy (non-hydrogen) atoms. The van der Waals surface area contributed by atoms with Gasteiger partial charge in [0.2, 0.25) is 17.2 Å². The molecule has 1 fully saturated rings. The first kappa shape index (κ1) is 34.0. The fourth-order valence-electron chi connectivity index (χ4n) is 7.09. The number of methoxy groups -OCH3 is 1. The Morgan fingerprint density at radius 2 is 1.90 bits per heavy atom.